The van der Waals surface area contributed by atoms with Crippen molar-refractivity contribution >= 4 is 22.4 Å². The van der Waals surface area contributed by atoms with E-state index in [2.05, 4.69) is 5.32 Å². The maximum Gasteiger partial charge on any atom is 0.246 e. The summed E-state index contributed by atoms with van der Waals surface area (Å²) in [7, 11) is -2.36. The maximum atomic E-state index is 13.6. The highest BCUT2D eigenvalue weighted by atomic mass is 35.5. The first kappa shape index (κ1) is 18.2. The molecule has 1 N–H and O–H groups in total. The first-order valence-corrected chi connectivity index (χ1v) is 7.63. The van der Waals surface area contributed by atoms with Gasteiger partial charge < -0.3 is 5.32 Å². The second kappa shape index (κ2) is 6.95. The SMILES string of the molecule is CNC1CCN(S(=O)(=O)c2ccc(F)c(F)c2F)CC1.Cl. The van der Waals surface area contributed by atoms with Crippen LogP contribution in [0.2, 0.25) is 0 Å². The van der Waals surface area contributed by atoms with E-state index in [4.69, 9.17) is 0 Å². The van der Waals surface area contributed by atoms with Gasteiger partial charge >= 0.3 is 0 Å². The summed E-state index contributed by atoms with van der Waals surface area (Å²) >= 11 is 0. The normalized spacial score (nSPS) is 17.5. The second-order valence-electron chi connectivity index (χ2n) is 4.64. The van der Waals surface area contributed by atoms with Gasteiger partial charge in [0.2, 0.25) is 10.0 Å². The van der Waals surface area contributed by atoms with Gasteiger partial charge in [0.15, 0.2) is 17.5 Å². The standard InChI is InChI=1S/C12H15F3N2O2S.ClH/c1-16-8-4-6-17(7-5-8)20(18,19)10-3-2-9(13)11(14)12(10)15;/h2-3,8,16H,4-7H2,1H3;1H. The minimum atomic E-state index is -4.14. The molecule has 1 saturated heterocycles. The highest BCUT2D eigenvalue weighted by Crippen LogP contribution is 2.25. The van der Waals surface area contributed by atoms with Crippen LogP contribution in [0.25, 0.3) is 0 Å². The van der Waals surface area contributed by atoms with Crippen molar-refractivity contribution in [3.8, 4) is 0 Å². The third-order valence-corrected chi connectivity index (χ3v) is 5.40. The largest absolute Gasteiger partial charge is 0.317 e. The van der Waals surface area contributed by atoms with Crippen molar-refractivity contribution in [2.24, 2.45) is 0 Å². The van der Waals surface area contributed by atoms with Gasteiger partial charge in [-0.2, -0.15) is 4.31 Å². The van der Waals surface area contributed by atoms with E-state index in [9.17, 15) is 21.6 Å². The quantitative estimate of drug-likeness (QED) is 0.852. The van der Waals surface area contributed by atoms with Crippen LogP contribution in [0.15, 0.2) is 17.0 Å². The zero-order valence-electron chi connectivity index (χ0n) is 11.3. The summed E-state index contributed by atoms with van der Waals surface area (Å²) in [6.45, 7) is 0.429. The van der Waals surface area contributed by atoms with Crippen LogP contribution < -0.4 is 5.32 Å². The Labute approximate surface area is 127 Å². The molecule has 1 aliphatic heterocycles. The van der Waals surface area contributed by atoms with E-state index < -0.39 is 32.4 Å². The van der Waals surface area contributed by atoms with Crippen molar-refractivity contribution in [2.75, 3.05) is 20.1 Å². The lowest BCUT2D eigenvalue weighted by molar-refractivity contribution is 0.297. The summed E-state index contributed by atoms with van der Waals surface area (Å²) in [6.07, 6.45) is 1.17. The van der Waals surface area contributed by atoms with Gasteiger partial charge in [-0.1, -0.05) is 0 Å². The predicted octanol–water partition coefficient (Wildman–Crippen LogP) is 1.90. The summed E-state index contributed by atoms with van der Waals surface area (Å²) in [5, 5.41) is 3.04. The smallest absolute Gasteiger partial charge is 0.246 e. The summed E-state index contributed by atoms with van der Waals surface area (Å²) in [5.41, 5.74) is 0. The summed E-state index contributed by atoms with van der Waals surface area (Å²) < 4.78 is 65.2. The fourth-order valence-electron chi connectivity index (χ4n) is 2.23. The lowest BCUT2D eigenvalue weighted by Gasteiger charge is -2.31. The summed E-state index contributed by atoms with van der Waals surface area (Å²) in [6, 6.07) is 1.58. The molecular formula is C12H16ClF3N2O2S. The molecule has 1 fully saturated rings. The number of benzene rings is 1. The molecule has 4 nitrogen and oxygen atoms in total. The van der Waals surface area contributed by atoms with Crippen molar-refractivity contribution in [3.63, 3.8) is 0 Å². The van der Waals surface area contributed by atoms with E-state index in [0.717, 1.165) is 10.4 Å². The Balaban J connectivity index is 0.00000220. The van der Waals surface area contributed by atoms with Crippen molar-refractivity contribution < 1.29 is 21.6 Å². The molecule has 1 aromatic carbocycles. The maximum absolute atomic E-state index is 13.6. The minimum Gasteiger partial charge on any atom is -0.317 e. The van der Waals surface area contributed by atoms with Crippen LogP contribution in [0.3, 0.4) is 0 Å². The average Bonchev–Trinajstić information content (AvgIpc) is 2.44. The zero-order valence-corrected chi connectivity index (χ0v) is 12.9. The van der Waals surface area contributed by atoms with Crippen LogP contribution >= 0.6 is 12.4 Å². The van der Waals surface area contributed by atoms with Gasteiger partial charge in [0.05, 0.1) is 0 Å². The molecular weight excluding hydrogens is 329 g/mol. The minimum absolute atomic E-state index is 0. The molecule has 21 heavy (non-hydrogen) atoms. The fourth-order valence-corrected chi connectivity index (χ4v) is 3.76. The van der Waals surface area contributed by atoms with E-state index in [-0.39, 0.29) is 31.5 Å². The highest BCUT2D eigenvalue weighted by molar-refractivity contribution is 7.89. The van der Waals surface area contributed by atoms with Crippen LogP contribution in [-0.4, -0.2) is 38.9 Å². The molecule has 1 heterocycles. The number of piperidine rings is 1. The molecule has 1 aromatic rings. The van der Waals surface area contributed by atoms with E-state index >= 15 is 0 Å². The molecule has 9 heteroatoms. The Kier molecular flexibility index (Phi) is 6.03. The number of hydrogen-bond acceptors (Lipinski definition) is 3. The van der Waals surface area contributed by atoms with Gasteiger partial charge in [-0.25, -0.2) is 21.6 Å². The lowest BCUT2D eigenvalue weighted by Crippen LogP contribution is -2.44. The zero-order chi connectivity index (χ0) is 14.9. The Morgan fingerprint density at radius 3 is 2.24 bits per heavy atom. The molecule has 2 rings (SSSR count). The van der Waals surface area contributed by atoms with Crippen LogP contribution in [0.1, 0.15) is 12.8 Å². The van der Waals surface area contributed by atoms with Crippen LogP contribution in [0.5, 0.6) is 0 Å². The molecule has 0 bridgehead atoms. The Bertz CT molecular complexity index is 605. The van der Waals surface area contributed by atoms with Crippen molar-refractivity contribution in [3.05, 3.63) is 29.6 Å². The van der Waals surface area contributed by atoms with E-state index in [1.54, 1.807) is 7.05 Å². The highest BCUT2D eigenvalue weighted by Gasteiger charge is 2.32. The van der Waals surface area contributed by atoms with Gasteiger partial charge in [0.1, 0.15) is 4.90 Å². The molecule has 1 aliphatic rings. The van der Waals surface area contributed by atoms with Crippen molar-refractivity contribution in [1.29, 1.82) is 0 Å². The fraction of sp³-hybridized carbons (Fsp3) is 0.500. The third-order valence-electron chi connectivity index (χ3n) is 3.48. The van der Waals surface area contributed by atoms with Crippen LogP contribution in [-0.2, 0) is 10.0 Å². The summed E-state index contributed by atoms with van der Waals surface area (Å²) in [5.74, 6) is -4.84. The second-order valence-corrected chi connectivity index (χ2v) is 6.55. The summed E-state index contributed by atoms with van der Waals surface area (Å²) in [4.78, 5) is -0.820. The van der Waals surface area contributed by atoms with Crippen LogP contribution in [0.4, 0.5) is 13.2 Å². The first-order valence-electron chi connectivity index (χ1n) is 6.19. The number of hydrogen-bond donors (Lipinski definition) is 1. The molecule has 0 aromatic heterocycles. The Morgan fingerprint density at radius 2 is 1.71 bits per heavy atom. The molecule has 0 atom stereocenters. The first-order chi connectivity index (χ1) is 9.37. The molecule has 0 saturated carbocycles. The molecule has 120 valence electrons. The molecule has 0 spiro atoms. The predicted molar refractivity (Wildman–Crippen MR) is 74.4 cm³/mol. The number of halogens is 4. The van der Waals surface area contributed by atoms with Crippen molar-refractivity contribution in [1.82, 2.24) is 9.62 Å². The van der Waals surface area contributed by atoms with Gasteiger partial charge in [-0.15, -0.1) is 12.4 Å². The average molecular weight is 345 g/mol. The number of nitrogens with zero attached hydrogens (tertiary/aromatic N) is 1. The van der Waals surface area contributed by atoms with Gasteiger partial charge in [-0.3, -0.25) is 0 Å². The monoisotopic (exact) mass is 344 g/mol. The number of nitrogens with one attached hydrogen (secondary N) is 1. The molecule has 0 radical (unpaired) electrons. The number of rotatable bonds is 3. The van der Waals surface area contributed by atoms with E-state index in [1.165, 1.54) is 0 Å². The van der Waals surface area contributed by atoms with E-state index in [0.29, 0.717) is 18.9 Å². The molecule has 0 unspecified atom stereocenters. The Morgan fingerprint density at radius 1 is 1.14 bits per heavy atom. The lowest BCUT2D eigenvalue weighted by atomic mass is 10.1. The van der Waals surface area contributed by atoms with E-state index in [1.807, 2.05) is 0 Å². The van der Waals surface area contributed by atoms with Gasteiger partial charge in [0, 0.05) is 19.1 Å². The Hall–Kier alpha value is -0.830. The topological polar surface area (TPSA) is 49.4 Å². The van der Waals surface area contributed by atoms with Gasteiger partial charge in [-0.05, 0) is 32.0 Å². The molecule has 0 aliphatic carbocycles. The van der Waals surface area contributed by atoms with Crippen LogP contribution in [0, 0.1) is 17.5 Å². The van der Waals surface area contributed by atoms with Gasteiger partial charge in [0.25, 0.3) is 0 Å². The number of sulfonamides is 1. The molecule has 0 amide bonds. The third kappa shape index (κ3) is 3.50. The van der Waals surface area contributed by atoms with Crippen molar-refractivity contribution in [2.45, 2.75) is 23.8 Å².